The highest BCUT2D eigenvalue weighted by molar-refractivity contribution is 9.10. The Morgan fingerprint density at radius 2 is 1.87 bits per heavy atom. The molecule has 1 heterocycles. The third kappa shape index (κ3) is 5.74. The summed E-state index contributed by atoms with van der Waals surface area (Å²) >= 11 is 3.27. The zero-order valence-corrected chi connectivity index (χ0v) is 17.6. The first-order chi connectivity index (χ1) is 14.6. The minimum Gasteiger partial charge on any atom is -0.490 e. The molecule has 2 aromatic carbocycles. The molecule has 30 heavy (non-hydrogen) atoms. The highest BCUT2D eigenvalue weighted by Gasteiger charge is 2.13. The number of rotatable bonds is 7. The summed E-state index contributed by atoms with van der Waals surface area (Å²) in [5.74, 6) is -0.174. The molecule has 0 bridgehead atoms. The van der Waals surface area contributed by atoms with Crippen LogP contribution in [-0.4, -0.2) is 29.7 Å². The van der Waals surface area contributed by atoms with Crippen LogP contribution in [0.2, 0.25) is 0 Å². The van der Waals surface area contributed by atoms with Crippen molar-refractivity contribution in [3.8, 4) is 11.5 Å². The Labute approximate surface area is 181 Å². The molecule has 0 unspecified atom stereocenters. The van der Waals surface area contributed by atoms with Gasteiger partial charge in [0.25, 0.3) is 5.91 Å². The highest BCUT2D eigenvalue weighted by atomic mass is 79.9. The van der Waals surface area contributed by atoms with Crippen LogP contribution < -0.4 is 14.9 Å². The first-order valence-electron chi connectivity index (χ1n) is 9.05. The van der Waals surface area contributed by atoms with Crippen molar-refractivity contribution in [3.05, 3.63) is 88.2 Å². The third-order valence-electron chi connectivity index (χ3n) is 3.83. The number of aromatic nitrogens is 1. The quantitative estimate of drug-likeness (QED) is 0.243. The zero-order valence-electron chi connectivity index (χ0n) is 16.0. The number of pyridine rings is 1. The van der Waals surface area contributed by atoms with Crippen LogP contribution in [0.3, 0.4) is 0 Å². The lowest BCUT2D eigenvalue weighted by atomic mass is 10.2. The fourth-order valence-corrected chi connectivity index (χ4v) is 2.82. The van der Waals surface area contributed by atoms with E-state index in [9.17, 15) is 9.59 Å². The van der Waals surface area contributed by atoms with Crippen LogP contribution in [-0.2, 0) is 0 Å². The van der Waals surface area contributed by atoms with Gasteiger partial charge in [0.1, 0.15) is 0 Å². The summed E-state index contributed by atoms with van der Waals surface area (Å²) in [5, 5.41) is 3.96. The number of nitrogens with one attached hydrogen (secondary N) is 1. The lowest BCUT2D eigenvalue weighted by Gasteiger charge is -2.11. The van der Waals surface area contributed by atoms with Gasteiger partial charge in [-0.1, -0.05) is 18.2 Å². The minimum absolute atomic E-state index is 0.298. The predicted molar refractivity (Wildman–Crippen MR) is 116 cm³/mol. The number of hydrazone groups is 1. The summed E-state index contributed by atoms with van der Waals surface area (Å²) < 4.78 is 11.7. The Bertz CT molecular complexity index is 1070. The average Bonchev–Trinajstić information content (AvgIpc) is 2.76. The maximum absolute atomic E-state index is 12.3. The molecular formula is C22H18BrN3O4. The van der Waals surface area contributed by atoms with Gasteiger partial charge in [-0.3, -0.25) is 9.78 Å². The van der Waals surface area contributed by atoms with Crippen molar-refractivity contribution < 1.29 is 19.1 Å². The van der Waals surface area contributed by atoms with E-state index in [1.165, 1.54) is 12.4 Å². The lowest BCUT2D eigenvalue weighted by molar-refractivity contribution is 0.0728. The van der Waals surface area contributed by atoms with Gasteiger partial charge in [0.15, 0.2) is 11.5 Å². The number of nitrogens with zero attached hydrogens (tertiary/aromatic N) is 2. The smallest absolute Gasteiger partial charge is 0.343 e. The molecule has 0 spiro atoms. The number of halogens is 1. The largest absolute Gasteiger partial charge is 0.490 e. The number of hydrogen-bond donors (Lipinski definition) is 1. The Balaban J connectivity index is 1.70. The number of hydrogen-bond acceptors (Lipinski definition) is 6. The van der Waals surface area contributed by atoms with Crippen molar-refractivity contribution in [1.82, 2.24) is 10.4 Å². The van der Waals surface area contributed by atoms with E-state index >= 15 is 0 Å². The first kappa shape index (κ1) is 21.2. The molecule has 152 valence electrons. The minimum atomic E-state index is -0.479. The van der Waals surface area contributed by atoms with Gasteiger partial charge in [0, 0.05) is 16.9 Å². The molecule has 0 saturated carbocycles. The van der Waals surface area contributed by atoms with E-state index in [-0.39, 0.29) is 0 Å². The van der Waals surface area contributed by atoms with Crippen LogP contribution in [0.1, 0.15) is 33.2 Å². The predicted octanol–water partition coefficient (Wildman–Crippen LogP) is 4.23. The topological polar surface area (TPSA) is 89.9 Å². The van der Waals surface area contributed by atoms with E-state index in [1.807, 2.05) is 13.0 Å². The van der Waals surface area contributed by atoms with Crippen LogP contribution in [0.15, 0.2) is 76.6 Å². The fourth-order valence-electron chi connectivity index (χ4n) is 2.46. The van der Waals surface area contributed by atoms with Gasteiger partial charge in [-0.25, -0.2) is 10.2 Å². The average molecular weight is 468 g/mol. The molecule has 0 atom stereocenters. The van der Waals surface area contributed by atoms with Gasteiger partial charge in [0.2, 0.25) is 0 Å². The van der Waals surface area contributed by atoms with Crippen molar-refractivity contribution in [3.63, 3.8) is 0 Å². The molecule has 8 heteroatoms. The van der Waals surface area contributed by atoms with E-state index < -0.39 is 11.9 Å². The Morgan fingerprint density at radius 1 is 1.07 bits per heavy atom. The summed E-state index contributed by atoms with van der Waals surface area (Å²) in [7, 11) is 0. The maximum Gasteiger partial charge on any atom is 0.343 e. The van der Waals surface area contributed by atoms with Crippen LogP contribution in [0.5, 0.6) is 11.5 Å². The van der Waals surface area contributed by atoms with E-state index in [4.69, 9.17) is 9.47 Å². The number of ether oxygens (including phenoxy) is 2. The van der Waals surface area contributed by atoms with E-state index in [2.05, 4.69) is 31.4 Å². The van der Waals surface area contributed by atoms with Crippen LogP contribution >= 0.6 is 15.9 Å². The van der Waals surface area contributed by atoms with E-state index in [1.54, 1.807) is 54.7 Å². The normalized spacial score (nSPS) is 10.6. The molecule has 3 rings (SSSR count). The zero-order chi connectivity index (χ0) is 21.3. The highest BCUT2D eigenvalue weighted by Crippen LogP contribution is 2.29. The maximum atomic E-state index is 12.3. The van der Waals surface area contributed by atoms with Crippen molar-refractivity contribution in [2.45, 2.75) is 6.92 Å². The molecule has 0 radical (unpaired) electrons. The molecule has 3 aromatic rings. The second-order valence-corrected chi connectivity index (χ2v) is 6.90. The summed E-state index contributed by atoms with van der Waals surface area (Å²) in [6.07, 6.45) is 4.49. The first-order valence-corrected chi connectivity index (χ1v) is 9.84. The molecule has 0 aliphatic rings. The number of amides is 1. The van der Waals surface area contributed by atoms with Gasteiger partial charge >= 0.3 is 5.97 Å². The summed E-state index contributed by atoms with van der Waals surface area (Å²) in [6, 6.07) is 15.3. The van der Waals surface area contributed by atoms with Crippen molar-refractivity contribution in [2.75, 3.05) is 6.61 Å². The Kier molecular flexibility index (Phi) is 7.29. The molecule has 1 aromatic heterocycles. The lowest BCUT2D eigenvalue weighted by Crippen LogP contribution is -2.17. The molecule has 0 fully saturated rings. The van der Waals surface area contributed by atoms with Gasteiger partial charge in [-0.15, -0.1) is 0 Å². The van der Waals surface area contributed by atoms with Gasteiger partial charge in [-0.05, 0) is 64.8 Å². The van der Waals surface area contributed by atoms with Gasteiger partial charge < -0.3 is 9.47 Å². The SMILES string of the molecule is CCOc1cc(/C=N/NC(=O)c2cncc(Br)c2)ccc1OC(=O)c1ccccc1. The molecule has 1 N–H and O–H groups in total. The summed E-state index contributed by atoms with van der Waals surface area (Å²) in [4.78, 5) is 28.3. The molecule has 0 saturated heterocycles. The fraction of sp³-hybridized carbons (Fsp3) is 0.0909. The van der Waals surface area contributed by atoms with Crippen LogP contribution in [0.4, 0.5) is 0 Å². The molecule has 0 aliphatic carbocycles. The van der Waals surface area contributed by atoms with E-state index in [0.717, 1.165) is 0 Å². The van der Waals surface area contributed by atoms with Crippen LogP contribution in [0, 0.1) is 0 Å². The molecule has 7 nitrogen and oxygen atoms in total. The number of esters is 1. The number of carbonyl (C=O) groups is 2. The Morgan fingerprint density at radius 3 is 2.60 bits per heavy atom. The third-order valence-corrected chi connectivity index (χ3v) is 4.26. The monoisotopic (exact) mass is 467 g/mol. The standard InChI is InChI=1S/C22H18BrN3O4/c1-2-29-20-10-15(12-25-26-21(27)17-11-18(23)14-24-13-17)8-9-19(20)30-22(28)16-6-4-3-5-7-16/h3-14H,2H2,1H3,(H,26,27)/b25-12+. The van der Waals surface area contributed by atoms with Gasteiger partial charge in [-0.2, -0.15) is 5.10 Å². The van der Waals surface area contributed by atoms with Gasteiger partial charge in [0.05, 0.1) is 23.9 Å². The second kappa shape index (κ2) is 10.3. The molecule has 1 amide bonds. The molecular weight excluding hydrogens is 450 g/mol. The van der Waals surface area contributed by atoms with E-state index in [0.29, 0.717) is 39.3 Å². The summed E-state index contributed by atoms with van der Waals surface area (Å²) in [6.45, 7) is 2.22. The molecule has 0 aliphatic heterocycles. The van der Waals surface area contributed by atoms with Crippen LogP contribution in [0.25, 0.3) is 0 Å². The van der Waals surface area contributed by atoms with Crippen molar-refractivity contribution >= 4 is 34.0 Å². The van der Waals surface area contributed by atoms with Crippen molar-refractivity contribution in [1.29, 1.82) is 0 Å². The van der Waals surface area contributed by atoms with Crippen molar-refractivity contribution in [2.24, 2.45) is 5.10 Å². The second-order valence-electron chi connectivity index (χ2n) is 5.99. The number of benzene rings is 2. The Hall–Kier alpha value is -3.52. The number of carbonyl (C=O) groups excluding carboxylic acids is 2. The summed E-state index contributed by atoms with van der Waals surface area (Å²) in [5.41, 5.74) is 3.91.